The average molecular weight is 541 g/mol. The lowest BCUT2D eigenvalue weighted by Crippen LogP contribution is -2.10. The Hall–Kier alpha value is -3.25. The molecule has 0 bridgehead atoms. The van der Waals surface area contributed by atoms with Crippen LogP contribution in [0.5, 0.6) is 5.75 Å². The molecule has 0 spiro atoms. The lowest BCUT2D eigenvalue weighted by atomic mass is 10.0. The van der Waals surface area contributed by atoms with Gasteiger partial charge in [0.25, 0.3) is 0 Å². The van der Waals surface area contributed by atoms with Crippen molar-refractivity contribution >= 4 is 34.3 Å². The van der Waals surface area contributed by atoms with E-state index in [-0.39, 0.29) is 6.61 Å². The summed E-state index contributed by atoms with van der Waals surface area (Å²) in [5.41, 5.74) is 7.95. The van der Waals surface area contributed by atoms with Gasteiger partial charge in [-0.15, -0.1) is 11.8 Å². The Morgan fingerprint density at radius 3 is 2.55 bits per heavy atom. The van der Waals surface area contributed by atoms with Crippen LogP contribution in [0.4, 0.5) is 0 Å². The van der Waals surface area contributed by atoms with Crippen LogP contribution in [-0.4, -0.2) is 26.5 Å². The molecule has 2 aromatic heterocycles. The first-order chi connectivity index (χ1) is 18.6. The number of ether oxygens (including phenoxy) is 1. The summed E-state index contributed by atoms with van der Waals surface area (Å²) in [7, 11) is 0. The van der Waals surface area contributed by atoms with Crippen molar-refractivity contribution in [3.63, 3.8) is 0 Å². The third kappa shape index (κ3) is 4.94. The molecule has 0 saturated carbocycles. The maximum atomic E-state index is 9.93. The van der Waals surface area contributed by atoms with Gasteiger partial charge in [0, 0.05) is 63.1 Å². The number of hydrogen-bond donors (Lipinski definition) is 1. The minimum absolute atomic E-state index is 0.113. The van der Waals surface area contributed by atoms with Crippen LogP contribution in [0.1, 0.15) is 29.4 Å². The fourth-order valence-electron chi connectivity index (χ4n) is 5.27. The molecule has 6 rings (SSSR count). The van der Waals surface area contributed by atoms with Crippen molar-refractivity contribution in [1.82, 2.24) is 9.55 Å². The molecule has 1 atom stereocenters. The van der Waals surface area contributed by atoms with Crippen LogP contribution in [0.15, 0.2) is 90.0 Å². The minimum Gasteiger partial charge on any atom is -0.487 e. The van der Waals surface area contributed by atoms with Gasteiger partial charge in [-0.2, -0.15) is 0 Å². The topological polar surface area (TPSA) is 47.3 Å². The third-order valence-electron chi connectivity index (χ3n) is 7.07. The van der Waals surface area contributed by atoms with E-state index in [1.165, 1.54) is 32.6 Å². The van der Waals surface area contributed by atoms with Gasteiger partial charge in [-0.3, -0.25) is 4.98 Å². The lowest BCUT2D eigenvalue weighted by Gasteiger charge is -2.22. The number of rotatable bonds is 8. The zero-order valence-electron chi connectivity index (χ0n) is 21.2. The quantitative estimate of drug-likeness (QED) is 0.221. The van der Waals surface area contributed by atoms with Gasteiger partial charge in [-0.1, -0.05) is 67.1 Å². The van der Waals surface area contributed by atoms with Crippen LogP contribution in [0.25, 0.3) is 22.0 Å². The predicted octanol–water partition coefficient (Wildman–Crippen LogP) is 7.56. The largest absolute Gasteiger partial charge is 0.487 e. The zero-order chi connectivity index (χ0) is 26.1. The highest BCUT2D eigenvalue weighted by Gasteiger charge is 2.28. The van der Waals surface area contributed by atoms with Gasteiger partial charge >= 0.3 is 0 Å². The first kappa shape index (κ1) is 25.1. The van der Waals surface area contributed by atoms with E-state index in [0.29, 0.717) is 18.3 Å². The molecule has 3 heterocycles. The molecule has 1 N–H and O–H groups in total. The van der Waals surface area contributed by atoms with Gasteiger partial charge in [-0.25, -0.2) is 0 Å². The number of aromatic nitrogens is 2. The van der Waals surface area contributed by atoms with Crippen LogP contribution >= 0.6 is 23.4 Å². The van der Waals surface area contributed by atoms with Gasteiger partial charge in [-0.05, 0) is 47.9 Å². The number of benzene rings is 3. The Kier molecular flexibility index (Phi) is 7.16. The van der Waals surface area contributed by atoms with Gasteiger partial charge in [0.2, 0.25) is 0 Å². The number of nitrogens with zero attached hydrogens (tertiary/aromatic N) is 2. The van der Waals surface area contributed by atoms with Crippen molar-refractivity contribution < 1.29 is 9.84 Å². The van der Waals surface area contributed by atoms with Crippen molar-refractivity contribution in [1.29, 1.82) is 0 Å². The second-order valence-corrected chi connectivity index (χ2v) is 11.6. The molecule has 38 heavy (non-hydrogen) atoms. The van der Waals surface area contributed by atoms with Crippen LogP contribution in [0.2, 0.25) is 5.02 Å². The Labute approximate surface area is 232 Å². The van der Waals surface area contributed by atoms with E-state index in [1.807, 2.05) is 54.4 Å². The third-order valence-corrected chi connectivity index (χ3v) is 8.57. The van der Waals surface area contributed by atoms with Crippen LogP contribution in [0, 0.1) is 0 Å². The first-order valence-electron chi connectivity index (χ1n) is 12.9. The number of hydrogen-bond acceptors (Lipinski definition) is 4. The van der Waals surface area contributed by atoms with Crippen LogP contribution in [0.3, 0.4) is 0 Å². The number of pyridine rings is 1. The number of thioether (sulfide) groups is 1. The predicted molar refractivity (Wildman–Crippen MR) is 156 cm³/mol. The average Bonchev–Trinajstić information content (AvgIpc) is 3.23. The number of aliphatic hydroxyl groups excluding tert-OH is 1. The first-order valence-corrected chi connectivity index (χ1v) is 14.2. The standard InChI is InChI=1S/C32H29ClN2O2S/c1-21-17-27-30(37-20-26-12-9-24(18-34-26)23-5-3-2-4-6-23)14-13-28-31(27)32(38-21)29(15-16-36)35(28)19-22-7-10-25(33)11-8-22/h2-14,18,21,36H,15-17,19-20H2,1H3. The number of aliphatic hydroxyl groups is 1. The summed E-state index contributed by atoms with van der Waals surface area (Å²) < 4.78 is 8.75. The molecule has 0 radical (unpaired) electrons. The molecule has 0 fully saturated rings. The molecule has 0 amide bonds. The molecule has 0 saturated heterocycles. The summed E-state index contributed by atoms with van der Waals surface area (Å²) in [6.45, 7) is 3.52. The Morgan fingerprint density at radius 2 is 1.82 bits per heavy atom. The highest BCUT2D eigenvalue weighted by atomic mass is 35.5. The Balaban J connectivity index is 1.33. The molecular formula is C32H29ClN2O2S. The molecule has 3 aromatic carbocycles. The van der Waals surface area contributed by atoms with Gasteiger partial charge < -0.3 is 14.4 Å². The van der Waals surface area contributed by atoms with Crippen LogP contribution < -0.4 is 4.74 Å². The molecule has 4 nitrogen and oxygen atoms in total. The monoisotopic (exact) mass is 540 g/mol. The SMILES string of the molecule is CC1Cc2c(OCc3ccc(-c4ccccc4)cn3)ccc3c2c(c(CCO)n3Cc2ccc(Cl)cc2)S1. The van der Waals surface area contributed by atoms with Crippen molar-refractivity contribution in [2.24, 2.45) is 0 Å². The molecule has 1 aliphatic rings. The molecule has 1 unspecified atom stereocenters. The summed E-state index contributed by atoms with van der Waals surface area (Å²) in [5, 5.41) is 12.3. The van der Waals surface area contributed by atoms with E-state index in [2.05, 4.69) is 58.9 Å². The summed E-state index contributed by atoms with van der Waals surface area (Å²) in [6, 6.07) is 26.7. The zero-order valence-corrected chi connectivity index (χ0v) is 22.8. The van der Waals surface area contributed by atoms with Gasteiger partial charge in [0.1, 0.15) is 12.4 Å². The van der Waals surface area contributed by atoms with E-state index in [1.54, 1.807) is 0 Å². The summed E-state index contributed by atoms with van der Waals surface area (Å²) in [4.78, 5) is 5.93. The normalized spacial score (nSPS) is 14.7. The smallest absolute Gasteiger partial charge is 0.130 e. The van der Waals surface area contributed by atoms with Crippen LogP contribution in [-0.2, 0) is 26.0 Å². The summed E-state index contributed by atoms with van der Waals surface area (Å²) >= 11 is 8.03. The molecular weight excluding hydrogens is 512 g/mol. The second kappa shape index (κ2) is 10.9. The van der Waals surface area contributed by atoms with E-state index >= 15 is 0 Å². The molecule has 192 valence electrons. The van der Waals surface area contributed by atoms with Crippen molar-refractivity contribution in [3.05, 3.63) is 113 Å². The molecule has 1 aliphatic heterocycles. The van der Waals surface area contributed by atoms with Crippen molar-refractivity contribution in [3.8, 4) is 16.9 Å². The van der Waals surface area contributed by atoms with Crippen molar-refractivity contribution in [2.45, 2.75) is 43.1 Å². The van der Waals surface area contributed by atoms with E-state index in [4.69, 9.17) is 16.3 Å². The Bertz CT molecular complexity index is 1560. The van der Waals surface area contributed by atoms with E-state index < -0.39 is 0 Å². The van der Waals surface area contributed by atoms with E-state index in [9.17, 15) is 5.11 Å². The second-order valence-electron chi connectivity index (χ2n) is 9.72. The van der Waals surface area contributed by atoms with Gasteiger partial charge in [0.15, 0.2) is 0 Å². The minimum atomic E-state index is 0.113. The highest BCUT2D eigenvalue weighted by Crippen LogP contribution is 2.47. The van der Waals surface area contributed by atoms with Gasteiger partial charge in [0.05, 0.1) is 11.2 Å². The fourth-order valence-corrected chi connectivity index (χ4v) is 6.74. The fraction of sp³-hybridized carbons (Fsp3) is 0.219. The molecule has 6 heteroatoms. The molecule has 5 aromatic rings. The maximum absolute atomic E-state index is 9.93. The molecule has 0 aliphatic carbocycles. The van der Waals surface area contributed by atoms with E-state index in [0.717, 1.165) is 40.6 Å². The van der Waals surface area contributed by atoms with Crippen molar-refractivity contribution in [2.75, 3.05) is 6.61 Å². The Morgan fingerprint density at radius 1 is 1.00 bits per heavy atom. The summed E-state index contributed by atoms with van der Waals surface area (Å²) in [5.74, 6) is 0.916. The lowest BCUT2D eigenvalue weighted by molar-refractivity contribution is 0.296. The highest BCUT2D eigenvalue weighted by molar-refractivity contribution is 8.00. The summed E-state index contributed by atoms with van der Waals surface area (Å²) in [6.07, 6.45) is 3.47. The maximum Gasteiger partial charge on any atom is 0.130 e. The number of halogens is 1.